The number of rotatable bonds is 6. The van der Waals surface area contributed by atoms with Crippen LogP contribution in [0.2, 0.25) is 0 Å². The maximum atomic E-state index is 11.6. The SMILES string of the molecule is CCNCCS(=O)(=O)NC1CCOC1C. The summed E-state index contributed by atoms with van der Waals surface area (Å²) >= 11 is 0. The lowest BCUT2D eigenvalue weighted by molar-refractivity contribution is 0.117. The highest BCUT2D eigenvalue weighted by Gasteiger charge is 2.27. The fourth-order valence-corrected chi connectivity index (χ4v) is 2.86. The van der Waals surface area contributed by atoms with Crippen LogP contribution in [0.5, 0.6) is 0 Å². The second kappa shape index (κ2) is 5.79. The topological polar surface area (TPSA) is 67.4 Å². The van der Waals surface area contributed by atoms with E-state index in [1.807, 2.05) is 13.8 Å². The molecule has 90 valence electrons. The molecule has 1 rings (SSSR count). The number of hydrogen-bond acceptors (Lipinski definition) is 4. The summed E-state index contributed by atoms with van der Waals surface area (Å²) in [7, 11) is -3.16. The van der Waals surface area contributed by atoms with E-state index in [0.717, 1.165) is 13.0 Å². The molecule has 2 atom stereocenters. The molecule has 0 saturated carbocycles. The van der Waals surface area contributed by atoms with E-state index in [2.05, 4.69) is 10.0 Å². The van der Waals surface area contributed by atoms with E-state index in [-0.39, 0.29) is 17.9 Å². The van der Waals surface area contributed by atoms with Crippen molar-refractivity contribution in [3.05, 3.63) is 0 Å². The summed E-state index contributed by atoms with van der Waals surface area (Å²) in [6.45, 7) is 5.77. The normalized spacial score (nSPS) is 27.1. The Morgan fingerprint density at radius 1 is 1.47 bits per heavy atom. The number of ether oxygens (including phenoxy) is 1. The van der Waals surface area contributed by atoms with Gasteiger partial charge in [-0.05, 0) is 19.9 Å². The van der Waals surface area contributed by atoms with Gasteiger partial charge < -0.3 is 10.1 Å². The monoisotopic (exact) mass is 236 g/mol. The van der Waals surface area contributed by atoms with E-state index in [1.54, 1.807) is 0 Å². The molecule has 1 aliphatic rings. The standard InChI is InChI=1S/C9H20N2O3S/c1-3-10-5-7-15(12,13)11-9-4-6-14-8(9)2/h8-11H,3-7H2,1-2H3. The van der Waals surface area contributed by atoms with E-state index in [4.69, 9.17) is 4.74 Å². The summed E-state index contributed by atoms with van der Waals surface area (Å²) in [4.78, 5) is 0. The Hall–Kier alpha value is -0.170. The van der Waals surface area contributed by atoms with Crippen molar-refractivity contribution in [3.63, 3.8) is 0 Å². The molecule has 2 N–H and O–H groups in total. The minimum absolute atomic E-state index is 0.0149. The van der Waals surface area contributed by atoms with Crippen LogP contribution in [0.1, 0.15) is 20.3 Å². The molecular weight excluding hydrogens is 216 g/mol. The van der Waals surface area contributed by atoms with Crippen molar-refractivity contribution in [2.45, 2.75) is 32.4 Å². The maximum Gasteiger partial charge on any atom is 0.213 e. The quantitative estimate of drug-likeness (QED) is 0.621. The van der Waals surface area contributed by atoms with Gasteiger partial charge in [0.05, 0.1) is 11.9 Å². The Kier molecular flexibility index (Phi) is 4.98. The summed E-state index contributed by atoms with van der Waals surface area (Å²) in [6, 6.07) is -0.0587. The van der Waals surface area contributed by atoms with Crippen molar-refractivity contribution in [1.82, 2.24) is 10.0 Å². The molecule has 0 spiro atoms. The second-order valence-electron chi connectivity index (χ2n) is 3.76. The third kappa shape index (κ3) is 4.46. The average Bonchev–Trinajstić information content (AvgIpc) is 2.51. The van der Waals surface area contributed by atoms with E-state index in [9.17, 15) is 8.42 Å². The fraction of sp³-hybridized carbons (Fsp3) is 1.00. The van der Waals surface area contributed by atoms with Gasteiger partial charge in [-0.2, -0.15) is 0 Å². The van der Waals surface area contributed by atoms with Gasteiger partial charge in [-0.3, -0.25) is 0 Å². The van der Waals surface area contributed by atoms with Crippen molar-refractivity contribution in [1.29, 1.82) is 0 Å². The van der Waals surface area contributed by atoms with Crippen LogP contribution < -0.4 is 10.0 Å². The van der Waals surface area contributed by atoms with Gasteiger partial charge in [-0.25, -0.2) is 13.1 Å². The molecule has 0 aromatic heterocycles. The van der Waals surface area contributed by atoms with Crippen LogP contribution in [0.15, 0.2) is 0 Å². The molecule has 5 nitrogen and oxygen atoms in total. The Balaban J connectivity index is 2.35. The van der Waals surface area contributed by atoms with Crippen LogP contribution in [0.3, 0.4) is 0 Å². The Bertz CT molecular complexity index is 279. The molecule has 0 radical (unpaired) electrons. The minimum Gasteiger partial charge on any atom is -0.377 e. The lowest BCUT2D eigenvalue weighted by Crippen LogP contribution is -2.42. The highest BCUT2D eigenvalue weighted by atomic mass is 32.2. The lowest BCUT2D eigenvalue weighted by Gasteiger charge is -2.16. The number of sulfonamides is 1. The maximum absolute atomic E-state index is 11.6. The minimum atomic E-state index is -3.16. The van der Waals surface area contributed by atoms with Crippen LogP contribution in [0.4, 0.5) is 0 Å². The van der Waals surface area contributed by atoms with E-state index >= 15 is 0 Å². The molecule has 1 fully saturated rings. The molecular formula is C9H20N2O3S. The van der Waals surface area contributed by atoms with Gasteiger partial charge >= 0.3 is 0 Å². The summed E-state index contributed by atoms with van der Waals surface area (Å²) < 4.78 is 31.2. The summed E-state index contributed by atoms with van der Waals surface area (Å²) in [5.41, 5.74) is 0. The van der Waals surface area contributed by atoms with Gasteiger partial charge in [-0.1, -0.05) is 6.92 Å². The first kappa shape index (κ1) is 12.9. The van der Waals surface area contributed by atoms with Crippen LogP contribution in [-0.4, -0.2) is 46.0 Å². The Morgan fingerprint density at radius 3 is 2.73 bits per heavy atom. The van der Waals surface area contributed by atoms with Gasteiger partial charge in [0.1, 0.15) is 0 Å². The number of nitrogens with one attached hydrogen (secondary N) is 2. The average molecular weight is 236 g/mol. The van der Waals surface area contributed by atoms with Crippen LogP contribution in [0.25, 0.3) is 0 Å². The van der Waals surface area contributed by atoms with E-state index in [0.29, 0.717) is 13.2 Å². The van der Waals surface area contributed by atoms with Crippen molar-refractivity contribution >= 4 is 10.0 Å². The third-order valence-corrected chi connectivity index (χ3v) is 3.91. The largest absolute Gasteiger partial charge is 0.377 e. The van der Waals surface area contributed by atoms with Crippen LogP contribution in [0, 0.1) is 0 Å². The Labute approximate surface area is 91.6 Å². The van der Waals surface area contributed by atoms with Crippen molar-refractivity contribution < 1.29 is 13.2 Å². The van der Waals surface area contributed by atoms with E-state index in [1.165, 1.54) is 0 Å². The molecule has 2 unspecified atom stereocenters. The summed E-state index contributed by atoms with van der Waals surface area (Å²) in [6.07, 6.45) is 0.751. The molecule has 0 bridgehead atoms. The third-order valence-electron chi connectivity index (χ3n) is 2.50. The first-order chi connectivity index (χ1) is 7.05. The Morgan fingerprint density at radius 2 is 2.20 bits per heavy atom. The predicted molar refractivity (Wildman–Crippen MR) is 59.3 cm³/mol. The summed E-state index contributed by atoms with van der Waals surface area (Å²) in [5.74, 6) is 0.129. The molecule has 1 aliphatic heterocycles. The van der Waals surface area contributed by atoms with Gasteiger partial charge in [0, 0.05) is 19.2 Å². The molecule has 15 heavy (non-hydrogen) atoms. The van der Waals surface area contributed by atoms with Crippen LogP contribution in [-0.2, 0) is 14.8 Å². The smallest absolute Gasteiger partial charge is 0.213 e. The van der Waals surface area contributed by atoms with Crippen molar-refractivity contribution in [2.24, 2.45) is 0 Å². The van der Waals surface area contributed by atoms with Gasteiger partial charge in [0.25, 0.3) is 0 Å². The zero-order valence-electron chi connectivity index (χ0n) is 9.32. The first-order valence-corrected chi connectivity index (χ1v) is 7.02. The highest BCUT2D eigenvalue weighted by molar-refractivity contribution is 7.89. The predicted octanol–water partition coefficient (Wildman–Crippen LogP) is -0.307. The van der Waals surface area contributed by atoms with Crippen molar-refractivity contribution in [2.75, 3.05) is 25.4 Å². The lowest BCUT2D eigenvalue weighted by atomic mass is 10.2. The molecule has 0 aromatic rings. The number of hydrogen-bond donors (Lipinski definition) is 2. The first-order valence-electron chi connectivity index (χ1n) is 5.37. The highest BCUT2D eigenvalue weighted by Crippen LogP contribution is 2.13. The second-order valence-corrected chi connectivity index (χ2v) is 5.63. The molecule has 6 heteroatoms. The zero-order valence-corrected chi connectivity index (χ0v) is 10.1. The zero-order chi connectivity index (χ0) is 11.3. The fourth-order valence-electron chi connectivity index (χ4n) is 1.56. The van der Waals surface area contributed by atoms with Gasteiger partial charge in [0.15, 0.2) is 0 Å². The van der Waals surface area contributed by atoms with Crippen molar-refractivity contribution in [3.8, 4) is 0 Å². The van der Waals surface area contributed by atoms with Crippen LogP contribution >= 0.6 is 0 Å². The summed E-state index contributed by atoms with van der Waals surface area (Å²) in [5, 5.41) is 2.99. The van der Waals surface area contributed by atoms with Gasteiger partial charge in [-0.15, -0.1) is 0 Å². The molecule has 1 saturated heterocycles. The molecule has 1 heterocycles. The van der Waals surface area contributed by atoms with Gasteiger partial charge in [0.2, 0.25) is 10.0 Å². The molecule has 0 aliphatic carbocycles. The molecule has 0 amide bonds. The van der Waals surface area contributed by atoms with E-state index < -0.39 is 10.0 Å². The molecule has 0 aromatic carbocycles.